The molecule has 2 amide bonds. The van der Waals surface area contributed by atoms with E-state index in [2.05, 4.69) is 5.32 Å². The topological polar surface area (TPSA) is 89.9 Å². The third-order valence-corrected chi connectivity index (χ3v) is 3.11. The van der Waals surface area contributed by atoms with Gasteiger partial charge in [-0.3, -0.25) is 0 Å². The maximum atomic E-state index is 12.2. The summed E-state index contributed by atoms with van der Waals surface area (Å²) in [7, 11) is 1.50. The van der Waals surface area contributed by atoms with Crippen LogP contribution in [-0.2, 0) is 10.3 Å². The summed E-state index contributed by atoms with van der Waals surface area (Å²) < 4.78 is 0. The Morgan fingerprint density at radius 3 is 2.14 bits per heavy atom. The average molecular weight is 294 g/mol. The fourth-order valence-corrected chi connectivity index (χ4v) is 1.98. The van der Waals surface area contributed by atoms with E-state index < -0.39 is 23.1 Å². The summed E-state index contributed by atoms with van der Waals surface area (Å²) in [5, 5.41) is 21.7. The van der Waals surface area contributed by atoms with Crippen LogP contribution in [0.25, 0.3) is 0 Å². The van der Waals surface area contributed by atoms with Crippen molar-refractivity contribution in [3.05, 3.63) is 35.9 Å². The maximum Gasteiger partial charge on any atom is 0.333 e. The molecular weight excluding hydrogens is 272 g/mol. The molecule has 1 aromatic carbocycles. The van der Waals surface area contributed by atoms with Crippen molar-refractivity contribution < 1.29 is 19.8 Å². The molecule has 0 fully saturated rings. The van der Waals surface area contributed by atoms with Gasteiger partial charge < -0.3 is 20.4 Å². The van der Waals surface area contributed by atoms with Gasteiger partial charge in [0.05, 0.1) is 12.1 Å². The number of carbonyl (C=O) groups is 2. The molecular formula is C15H22N2O4. The van der Waals surface area contributed by atoms with Gasteiger partial charge in [0, 0.05) is 7.05 Å². The number of likely N-dealkylation sites (N-methyl/N-ethyl adjacent to an activating group) is 1. The van der Waals surface area contributed by atoms with Crippen LogP contribution in [0, 0.1) is 0 Å². The van der Waals surface area contributed by atoms with E-state index in [4.69, 9.17) is 0 Å². The molecule has 0 saturated heterocycles. The summed E-state index contributed by atoms with van der Waals surface area (Å²) in [5.74, 6) is -1.15. The Hall–Kier alpha value is -2.08. The first-order valence-corrected chi connectivity index (χ1v) is 6.61. The van der Waals surface area contributed by atoms with Crippen molar-refractivity contribution in [2.45, 2.75) is 31.9 Å². The van der Waals surface area contributed by atoms with Gasteiger partial charge in [0.15, 0.2) is 5.54 Å². The highest BCUT2D eigenvalue weighted by atomic mass is 16.4. The van der Waals surface area contributed by atoms with Crippen LogP contribution in [0.5, 0.6) is 0 Å². The molecule has 0 aliphatic rings. The Kier molecular flexibility index (Phi) is 4.96. The Morgan fingerprint density at radius 1 is 1.19 bits per heavy atom. The first-order chi connectivity index (χ1) is 9.56. The van der Waals surface area contributed by atoms with Crippen molar-refractivity contribution in [3.63, 3.8) is 0 Å². The number of hydrogen-bond acceptors (Lipinski definition) is 3. The molecule has 1 aromatic rings. The number of carboxylic acids is 1. The van der Waals surface area contributed by atoms with Crippen molar-refractivity contribution in [3.8, 4) is 0 Å². The summed E-state index contributed by atoms with van der Waals surface area (Å²) in [6, 6.07) is 7.92. The number of benzene rings is 1. The lowest BCUT2D eigenvalue weighted by Crippen LogP contribution is -2.54. The number of carbonyl (C=O) groups excluding carboxylic acids is 1. The van der Waals surface area contributed by atoms with Crippen LogP contribution in [-0.4, -0.2) is 46.3 Å². The fraction of sp³-hybridized carbons (Fsp3) is 0.467. The lowest BCUT2D eigenvalue weighted by atomic mass is 9.92. The molecule has 0 heterocycles. The molecule has 6 nitrogen and oxygen atoms in total. The molecule has 1 rings (SSSR count). The van der Waals surface area contributed by atoms with E-state index in [0.717, 1.165) is 0 Å². The fourth-order valence-electron chi connectivity index (χ4n) is 1.98. The van der Waals surface area contributed by atoms with Gasteiger partial charge in [0.2, 0.25) is 0 Å². The zero-order chi connectivity index (χ0) is 16.3. The Morgan fingerprint density at radius 2 is 1.71 bits per heavy atom. The number of carboxylic acid groups (broad SMARTS) is 1. The summed E-state index contributed by atoms with van der Waals surface area (Å²) >= 11 is 0. The number of aliphatic carboxylic acids is 1. The molecule has 21 heavy (non-hydrogen) atoms. The lowest BCUT2D eigenvalue weighted by Gasteiger charge is -2.31. The Bertz CT molecular complexity index is 510. The largest absolute Gasteiger partial charge is 0.479 e. The summed E-state index contributed by atoms with van der Waals surface area (Å²) in [4.78, 5) is 25.0. The third kappa shape index (κ3) is 4.46. The van der Waals surface area contributed by atoms with Gasteiger partial charge in [-0.15, -0.1) is 0 Å². The predicted octanol–water partition coefficient (Wildman–Crippen LogP) is 1.40. The molecule has 0 saturated carbocycles. The number of nitrogens with one attached hydrogen (secondary N) is 1. The van der Waals surface area contributed by atoms with Gasteiger partial charge in [-0.2, -0.15) is 0 Å². The summed E-state index contributed by atoms with van der Waals surface area (Å²) in [6.07, 6.45) is 0. The molecule has 1 unspecified atom stereocenters. The van der Waals surface area contributed by atoms with Gasteiger partial charge in [-0.1, -0.05) is 30.3 Å². The predicted molar refractivity (Wildman–Crippen MR) is 78.9 cm³/mol. The molecule has 3 N–H and O–H groups in total. The number of hydrogen-bond donors (Lipinski definition) is 3. The van der Waals surface area contributed by atoms with Gasteiger partial charge in [-0.05, 0) is 26.3 Å². The quantitative estimate of drug-likeness (QED) is 0.765. The van der Waals surface area contributed by atoms with E-state index in [1.807, 2.05) is 0 Å². The maximum absolute atomic E-state index is 12.2. The summed E-state index contributed by atoms with van der Waals surface area (Å²) in [5.41, 5.74) is -2.12. The highest BCUT2D eigenvalue weighted by Gasteiger charge is 2.37. The molecule has 0 spiro atoms. The van der Waals surface area contributed by atoms with Crippen molar-refractivity contribution in [1.29, 1.82) is 0 Å². The van der Waals surface area contributed by atoms with Crippen LogP contribution in [0.4, 0.5) is 4.79 Å². The smallest absolute Gasteiger partial charge is 0.333 e. The number of rotatable bonds is 5. The average Bonchev–Trinajstić information content (AvgIpc) is 2.37. The van der Waals surface area contributed by atoms with Crippen LogP contribution < -0.4 is 5.32 Å². The Balaban J connectivity index is 2.95. The van der Waals surface area contributed by atoms with Gasteiger partial charge in [-0.25, -0.2) is 9.59 Å². The van der Waals surface area contributed by atoms with E-state index >= 15 is 0 Å². The molecule has 0 aliphatic heterocycles. The second kappa shape index (κ2) is 6.13. The second-order valence-electron chi connectivity index (χ2n) is 5.89. The lowest BCUT2D eigenvalue weighted by molar-refractivity contribution is -0.144. The van der Waals surface area contributed by atoms with E-state index in [1.165, 1.54) is 18.9 Å². The molecule has 0 aromatic heterocycles. The van der Waals surface area contributed by atoms with Gasteiger partial charge >= 0.3 is 12.0 Å². The monoisotopic (exact) mass is 294 g/mol. The zero-order valence-corrected chi connectivity index (χ0v) is 12.8. The van der Waals surface area contributed by atoms with Gasteiger partial charge in [0.25, 0.3) is 0 Å². The molecule has 0 radical (unpaired) electrons. The SMILES string of the molecule is CN(CC(C)(C)O)C(=O)NC(C)(C(=O)O)c1ccccc1. The number of nitrogens with zero attached hydrogens (tertiary/aromatic N) is 1. The first-order valence-electron chi connectivity index (χ1n) is 6.61. The minimum Gasteiger partial charge on any atom is -0.479 e. The van der Waals surface area contributed by atoms with Crippen molar-refractivity contribution in [2.24, 2.45) is 0 Å². The second-order valence-corrected chi connectivity index (χ2v) is 5.89. The minimum atomic E-state index is -1.54. The van der Waals surface area contributed by atoms with Crippen LogP contribution >= 0.6 is 0 Å². The van der Waals surface area contributed by atoms with E-state index in [1.54, 1.807) is 44.2 Å². The van der Waals surface area contributed by atoms with Crippen LogP contribution in [0.1, 0.15) is 26.3 Å². The number of amides is 2. The normalized spacial score (nSPS) is 14.1. The molecule has 0 bridgehead atoms. The van der Waals surface area contributed by atoms with Crippen molar-refractivity contribution >= 4 is 12.0 Å². The van der Waals surface area contributed by atoms with E-state index in [0.29, 0.717) is 5.56 Å². The van der Waals surface area contributed by atoms with E-state index in [-0.39, 0.29) is 6.54 Å². The molecule has 6 heteroatoms. The van der Waals surface area contributed by atoms with Crippen LogP contribution in [0.2, 0.25) is 0 Å². The summed E-state index contributed by atoms with van der Waals surface area (Å²) in [6.45, 7) is 4.67. The van der Waals surface area contributed by atoms with E-state index in [9.17, 15) is 19.8 Å². The number of aliphatic hydroxyl groups is 1. The van der Waals surface area contributed by atoms with Gasteiger partial charge in [0.1, 0.15) is 0 Å². The molecule has 0 aliphatic carbocycles. The highest BCUT2D eigenvalue weighted by molar-refractivity contribution is 5.87. The first kappa shape index (κ1) is 17.0. The highest BCUT2D eigenvalue weighted by Crippen LogP contribution is 2.21. The van der Waals surface area contributed by atoms with Crippen LogP contribution in [0.3, 0.4) is 0 Å². The third-order valence-electron chi connectivity index (χ3n) is 3.11. The molecule has 1 atom stereocenters. The number of urea groups is 1. The van der Waals surface area contributed by atoms with Crippen LogP contribution in [0.15, 0.2) is 30.3 Å². The standard InChI is InChI=1S/C15H22N2O4/c1-14(2,21)10-17(4)13(20)16-15(3,12(18)19)11-8-6-5-7-9-11/h5-9,21H,10H2,1-4H3,(H,16,20)(H,18,19). The Labute approximate surface area is 124 Å². The zero-order valence-electron chi connectivity index (χ0n) is 12.8. The van der Waals surface area contributed by atoms with Crippen molar-refractivity contribution in [1.82, 2.24) is 10.2 Å². The molecule has 116 valence electrons. The minimum absolute atomic E-state index is 0.0866. The van der Waals surface area contributed by atoms with Crippen molar-refractivity contribution in [2.75, 3.05) is 13.6 Å².